The second kappa shape index (κ2) is 15.3. The van der Waals surface area contributed by atoms with Crippen LogP contribution in [0.5, 0.6) is 0 Å². The van der Waals surface area contributed by atoms with Crippen molar-refractivity contribution in [2.75, 3.05) is 6.54 Å². The predicted molar refractivity (Wildman–Crippen MR) is 168 cm³/mol. The van der Waals surface area contributed by atoms with Crippen LogP contribution in [0.4, 0.5) is 0 Å². The van der Waals surface area contributed by atoms with Crippen molar-refractivity contribution < 1.29 is 28.8 Å². The van der Waals surface area contributed by atoms with E-state index in [9.17, 15) is 28.8 Å². The van der Waals surface area contributed by atoms with Crippen molar-refractivity contribution >= 4 is 34.9 Å². The largest absolute Gasteiger partial charge is 0.344 e. The van der Waals surface area contributed by atoms with Gasteiger partial charge in [-0.3, -0.25) is 33.8 Å². The van der Waals surface area contributed by atoms with Crippen LogP contribution in [0.2, 0.25) is 0 Å². The third-order valence-corrected chi connectivity index (χ3v) is 10.0. The number of carbonyl (C=O) groups excluding carboxylic acids is 6. The van der Waals surface area contributed by atoms with E-state index in [1.165, 1.54) is 18.6 Å². The van der Waals surface area contributed by atoms with E-state index in [2.05, 4.69) is 15.3 Å². The van der Waals surface area contributed by atoms with Gasteiger partial charge in [-0.1, -0.05) is 47.5 Å². The van der Waals surface area contributed by atoms with Crippen molar-refractivity contribution in [2.45, 2.75) is 111 Å². The van der Waals surface area contributed by atoms with E-state index in [1.807, 2.05) is 34.6 Å². The number of nitrogens with one attached hydrogen (secondary N) is 1. The van der Waals surface area contributed by atoms with Crippen molar-refractivity contribution in [1.82, 2.24) is 20.2 Å². The van der Waals surface area contributed by atoms with Crippen LogP contribution in [0.25, 0.3) is 0 Å². The SMILES string of the molecule is CCCC(CC(=O)C1[C@H]2CCCC2CN1C(=O)[C@@H](NC(=O)[C@H](CC(=O)c1cnccn1)C(C)C)C(C)C)C(=O)C(=O)CC1CC1. The van der Waals surface area contributed by atoms with Gasteiger partial charge < -0.3 is 10.2 Å². The Morgan fingerprint density at radius 2 is 1.69 bits per heavy atom. The van der Waals surface area contributed by atoms with E-state index in [-0.39, 0.29) is 77.8 Å². The molecular formula is C35H50N4O6. The van der Waals surface area contributed by atoms with Crippen molar-refractivity contribution in [3.8, 4) is 0 Å². The maximum atomic E-state index is 14.2. The maximum Gasteiger partial charge on any atom is 0.246 e. The smallest absolute Gasteiger partial charge is 0.246 e. The molecule has 10 heteroatoms. The van der Waals surface area contributed by atoms with E-state index >= 15 is 0 Å². The first-order valence-electron chi connectivity index (χ1n) is 16.9. The molecule has 1 saturated heterocycles. The van der Waals surface area contributed by atoms with Crippen LogP contribution < -0.4 is 5.32 Å². The second-order valence-corrected chi connectivity index (χ2v) is 14.2. The topological polar surface area (TPSA) is 143 Å². The molecule has 1 N–H and O–H groups in total. The van der Waals surface area contributed by atoms with Gasteiger partial charge in [0.05, 0.1) is 12.2 Å². The average molecular weight is 623 g/mol. The van der Waals surface area contributed by atoms with E-state index in [0.29, 0.717) is 25.3 Å². The summed E-state index contributed by atoms with van der Waals surface area (Å²) >= 11 is 0. The third kappa shape index (κ3) is 8.50. The molecule has 45 heavy (non-hydrogen) atoms. The van der Waals surface area contributed by atoms with Crippen LogP contribution in [-0.2, 0) is 24.0 Å². The highest BCUT2D eigenvalue weighted by molar-refractivity contribution is 6.38. The fraction of sp³-hybridized carbons (Fsp3) is 0.714. The minimum absolute atomic E-state index is 0.0116. The Kier molecular flexibility index (Phi) is 11.8. The highest BCUT2D eigenvalue weighted by Gasteiger charge is 2.51. The third-order valence-electron chi connectivity index (χ3n) is 10.0. The highest BCUT2D eigenvalue weighted by atomic mass is 16.2. The molecule has 1 aliphatic heterocycles. The Labute approximate surface area is 266 Å². The van der Waals surface area contributed by atoms with Crippen LogP contribution in [0.3, 0.4) is 0 Å². The zero-order valence-corrected chi connectivity index (χ0v) is 27.5. The molecule has 0 aromatic carbocycles. The van der Waals surface area contributed by atoms with E-state index in [0.717, 1.165) is 32.1 Å². The standard InChI is InChI=1S/C35H50N4O6/c1-6-8-23(33(43)30(42)15-22-11-12-22)16-29(41)32-25-10-7-9-24(25)19-39(32)35(45)31(21(4)5)38-34(44)26(20(2)3)17-28(40)27-18-36-13-14-37-27/h13-14,18,20-26,31-32H,6-12,15-17,19H2,1-5H3,(H,38,44)/t23?,24?,25-,26+,31-,32?/m0/s1. The van der Waals surface area contributed by atoms with Gasteiger partial charge in [-0.15, -0.1) is 0 Å². The molecule has 2 heterocycles. The van der Waals surface area contributed by atoms with E-state index in [4.69, 9.17) is 0 Å². The number of aromatic nitrogens is 2. The molecule has 1 aromatic rings. The number of fused-ring (bicyclic) bond motifs is 1. The molecule has 10 nitrogen and oxygen atoms in total. The van der Waals surface area contributed by atoms with Gasteiger partial charge >= 0.3 is 0 Å². The minimum Gasteiger partial charge on any atom is -0.344 e. The van der Waals surface area contributed by atoms with Gasteiger partial charge in [0.15, 0.2) is 17.3 Å². The first-order valence-corrected chi connectivity index (χ1v) is 16.9. The average Bonchev–Trinajstić information content (AvgIpc) is 3.57. The molecule has 0 radical (unpaired) electrons. The molecule has 3 fully saturated rings. The van der Waals surface area contributed by atoms with E-state index < -0.39 is 29.7 Å². The van der Waals surface area contributed by atoms with Gasteiger partial charge in [0.2, 0.25) is 17.6 Å². The summed E-state index contributed by atoms with van der Waals surface area (Å²) in [6.45, 7) is 9.81. The molecule has 1 aromatic heterocycles. The number of carbonyl (C=O) groups is 6. The molecule has 246 valence electrons. The number of rotatable bonds is 17. The minimum atomic E-state index is -0.882. The number of amides is 2. The molecule has 3 unspecified atom stereocenters. The normalized spacial score (nSPS) is 23.0. The first kappa shape index (κ1) is 34.6. The number of likely N-dealkylation sites (tertiary alicyclic amines) is 1. The second-order valence-electron chi connectivity index (χ2n) is 14.2. The molecule has 2 aliphatic carbocycles. The van der Waals surface area contributed by atoms with E-state index in [1.54, 1.807) is 4.90 Å². The zero-order chi connectivity index (χ0) is 32.8. The Bertz CT molecular complexity index is 1260. The Balaban J connectivity index is 1.50. The predicted octanol–water partition coefficient (Wildman–Crippen LogP) is 4.40. The Morgan fingerprint density at radius 3 is 2.29 bits per heavy atom. The maximum absolute atomic E-state index is 14.2. The summed E-state index contributed by atoms with van der Waals surface area (Å²) in [5.41, 5.74) is 0.187. The van der Waals surface area contributed by atoms with Gasteiger partial charge in [0.25, 0.3) is 0 Å². The number of Topliss-reactive ketones (excluding diaryl/α,β-unsaturated/α-hetero) is 4. The monoisotopic (exact) mass is 622 g/mol. The van der Waals surface area contributed by atoms with Crippen molar-refractivity contribution in [3.05, 3.63) is 24.3 Å². The van der Waals surface area contributed by atoms with Gasteiger partial charge in [0.1, 0.15) is 11.7 Å². The lowest BCUT2D eigenvalue weighted by Gasteiger charge is -2.33. The summed E-state index contributed by atoms with van der Waals surface area (Å²) in [5.74, 6) is -3.26. The van der Waals surface area contributed by atoms with Gasteiger partial charge in [-0.2, -0.15) is 0 Å². The summed E-state index contributed by atoms with van der Waals surface area (Å²) < 4.78 is 0. The first-order chi connectivity index (χ1) is 21.4. The number of ketones is 4. The highest BCUT2D eigenvalue weighted by Crippen LogP contribution is 2.44. The summed E-state index contributed by atoms with van der Waals surface area (Å²) in [6, 6.07) is -1.55. The molecule has 2 amide bonds. The number of nitrogens with zero attached hydrogens (tertiary/aromatic N) is 3. The van der Waals surface area contributed by atoms with Gasteiger partial charge in [-0.25, -0.2) is 4.98 Å². The fourth-order valence-electron chi connectivity index (χ4n) is 7.23. The molecule has 2 saturated carbocycles. The van der Waals surface area contributed by atoms with Crippen LogP contribution in [0.15, 0.2) is 18.6 Å². The quantitative estimate of drug-likeness (QED) is 0.199. The van der Waals surface area contributed by atoms with Crippen LogP contribution in [0, 0.1) is 41.4 Å². The molecular weight excluding hydrogens is 572 g/mol. The molecule has 0 spiro atoms. The lowest BCUT2D eigenvalue weighted by Crippen LogP contribution is -2.56. The summed E-state index contributed by atoms with van der Waals surface area (Å²) in [6.07, 6.45) is 10.3. The molecule has 6 atom stereocenters. The molecule has 4 rings (SSSR count). The summed E-state index contributed by atoms with van der Waals surface area (Å²) in [7, 11) is 0. The van der Waals surface area contributed by atoms with Crippen LogP contribution in [-0.4, -0.2) is 68.4 Å². The lowest BCUT2D eigenvalue weighted by molar-refractivity contribution is -0.144. The molecule has 0 bridgehead atoms. The van der Waals surface area contributed by atoms with Crippen molar-refractivity contribution in [1.29, 1.82) is 0 Å². The summed E-state index contributed by atoms with van der Waals surface area (Å²) in [4.78, 5) is 90.3. The Hall–Kier alpha value is -3.30. The summed E-state index contributed by atoms with van der Waals surface area (Å²) in [5, 5.41) is 2.95. The van der Waals surface area contributed by atoms with Crippen LogP contribution >= 0.6 is 0 Å². The number of hydrogen-bond acceptors (Lipinski definition) is 8. The van der Waals surface area contributed by atoms with Crippen LogP contribution in [0.1, 0.15) is 109 Å². The molecule has 3 aliphatic rings. The lowest BCUT2D eigenvalue weighted by atomic mass is 9.84. The Morgan fingerprint density at radius 1 is 0.956 bits per heavy atom. The van der Waals surface area contributed by atoms with Gasteiger partial charge in [-0.05, 0) is 61.7 Å². The fourth-order valence-corrected chi connectivity index (χ4v) is 7.23. The number of hydrogen-bond donors (Lipinski definition) is 1. The van der Waals surface area contributed by atoms with Gasteiger partial charge in [0, 0.05) is 50.0 Å². The zero-order valence-electron chi connectivity index (χ0n) is 27.5. The van der Waals surface area contributed by atoms with Crippen molar-refractivity contribution in [2.24, 2.45) is 41.4 Å². The van der Waals surface area contributed by atoms with Crippen molar-refractivity contribution in [3.63, 3.8) is 0 Å².